The summed E-state index contributed by atoms with van der Waals surface area (Å²) in [4.78, 5) is 30.7. The summed E-state index contributed by atoms with van der Waals surface area (Å²) >= 11 is 0. The lowest BCUT2D eigenvalue weighted by Gasteiger charge is -2.36. The fraction of sp³-hybridized carbons (Fsp3) is 0.485. The zero-order chi connectivity index (χ0) is 28.9. The van der Waals surface area contributed by atoms with Gasteiger partial charge in [0.1, 0.15) is 5.76 Å². The summed E-state index contributed by atoms with van der Waals surface area (Å²) in [5.74, 6) is 0.764. The molecule has 2 amide bonds. The van der Waals surface area contributed by atoms with Gasteiger partial charge in [0.15, 0.2) is 5.69 Å². The standard InChI is InChI=1S/C33H43N5O3/c1-4-5-17-37(3)31-16-11-26(20-29(31)35-32(39)30-18-22(2)41-36-30)25-8-6-7-23(19-25)21-38(33(40)24-9-10-24)28-14-12-27(34)13-15-28/h6-8,11,16,18-20,24,27-28H,4-5,9-10,12-15,17,21,34H2,1-3H3,(H,35,39). The predicted molar refractivity (Wildman–Crippen MR) is 163 cm³/mol. The van der Waals surface area contributed by atoms with Gasteiger partial charge in [0.25, 0.3) is 5.91 Å². The Labute approximate surface area is 243 Å². The number of aryl methyl sites for hydroxylation is 1. The topological polar surface area (TPSA) is 105 Å². The molecule has 0 saturated heterocycles. The highest BCUT2D eigenvalue weighted by Gasteiger charge is 2.37. The molecule has 41 heavy (non-hydrogen) atoms. The molecule has 2 saturated carbocycles. The van der Waals surface area contributed by atoms with Crippen LogP contribution in [0.3, 0.4) is 0 Å². The molecule has 1 heterocycles. The van der Waals surface area contributed by atoms with E-state index < -0.39 is 0 Å². The second-order valence-electron chi connectivity index (χ2n) is 11.8. The minimum atomic E-state index is -0.306. The average Bonchev–Trinajstić information content (AvgIpc) is 3.74. The Balaban J connectivity index is 1.41. The zero-order valence-electron chi connectivity index (χ0n) is 24.6. The molecular weight excluding hydrogens is 514 g/mol. The molecular formula is C33H43N5O3. The van der Waals surface area contributed by atoms with Gasteiger partial charge in [0.2, 0.25) is 5.91 Å². The van der Waals surface area contributed by atoms with E-state index in [9.17, 15) is 9.59 Å². The fourth-order valence-corrected chi connectivity index (χ4v) is 5.74. The van der Waals surface area contributed by atoms with Crippen molar-refractivity contribution in [2.24, 2.45) is 11.7 Å². The molecule has 2 aliphatic carbocycles. The summed E-state index contributed by atoms with van der Waals surface area (Å²) in [6.07, 6.45) is 8.04. The van der Waals surface area contributed by atoms with Gasteiger partial charge in [-0.15, -0.1) is 0 Å². The number of nitrogens with two attached hydrogens (primary N) is 1. The third-order valence-electron chi connectivity index (χ3n) is 8.37. The Morgan fingerprint density at radius 2 is 1.78 bits per heavy atom. The Hall–Kier alpha value is -3.65. The number of unbranched alkanes of at least 4 members (excludes halogenated alkanes) is 1. The van der Waals surface area contributed by atoms with Crippen LogP contribution in [-0.2, 0) is 11.3 Å². The second kappa shape index (κ2) is 12.9. The lowest BCUT2D eigenvalue weighted by molar-refractivity contribution is -0.136. The van der Waals surface area contributed by atoms with Crippen LogP contribution in [0.25, 0.3) is 11.1 Å². The summed E-state index contributed by atoms with van der Waals surface area (Å²) in [6, 6.07) is 16.7. The SMILES string of the molecule is CCCCN(C)c1ccc(-c2cccc(CN(C(=O)C3CC3)C3CCC(N)CC3)c2)cc1NC(=O)c1cc(C)on1. The smallest absolute Gasteiger partial charge is 0.277 e. The van der Waals surface area contributed by atoms with E-state index in [-0.39, 0.29) is 29.6 Å². The van der Waals surface area contributed by atoms with Crippen molar-refractivity contribution in [2.75, 3.05) is 23.8 Å². The highest BCUT2D eigenvalue weighted by molar-refractivity contribution is 6.05. The van der Waals surface area contributed by atoms with Crippen LogP contribution in [0.15, 0.2) is 53.1 Å². The molecule has 0 spiro atoms. The maximum absolute atomic E-state index is 13.3. The number of hydrogen-bond acceptors (Lipinski definition) is 6. The highest BCUT2D eigenvalue weighted by Crippen LogP contribution is 2.36. The Kier molecular flexibility index (Phi) is 9.08. The molecule has 2 fully saturated rings. The van der Waals surface area contributed by atoms with E-state index in [0.29, 0.717) is 18.2 Å². The first-order chi connectivity index (χ1) is 19.8. The van der Waals surface area contributed by atoms with Crippen molar-refractivity contribution >= 4 is 23.2 Å². The van der Waals surface area contributed by atoms with Crippen molar-refractivity contribution in [1.82, 2.24) is 10.1 Å². The van der Waals surface area contributed by atoms with Crippen LogP contribution < -0.4 is 16.0 Å². The van der Waals surface area contributed by atoms with Crippen LogP contribution >= 0.6 is 0 Å². The largest absolute Gasteiger partial charge is 0.373 e. The molecule has 3 aromatic rings. The number of carbonyl (C=O) groups is 2. The Morgan fingerprint density at radius 1 is 1.02 bits per heavy atom. The molecule has 2 aliphatic rings. The number of amides is 2. The third-order valence-corrected chi connectivity index (χ3v) is 8.37. The number of aromatic nitrogens is 1. The first-order valence-electron chi connectivity index (χ1n) is 15.1. The van der Waals surface area contributed by atoms with Crippen molar-refractivity contribution < 1.29 is 14.1 Å². The van der Waals surface area contributed by atoms with E-state index in [1.54, 1.807) is 13.0 Å². The number of carbonyl (C=O) groups excluding carboxylic acids is 2. The Morgan fingerprint density at radius 3 is 2.46 bits per heavy atom. The molecule has 0 radical (unpaired) electrons. The minimum absolute atomic E-state index is 0.186. The van der Waals surface area contributed by atoms with Crippen LogP contribution in [0, 0.1) is 12.8 Å². The van der Waals surface area contributed by atoms with E-state index in [1.165, 1.54) is 0 Å². The molecule has 0 unspecified atom stereocenters. The summed E-state index contributed by atoms with van der Waals surface area (Å²) < 4.78 is 5.12. The van der Waals surface area contributed by atoms with E-state index >= 15 is 0 Å². The number of nitrogens with zero attached hydrogens (tertiary/aromatic N) is 3. The molecule has 8 heteroatoms. The lowest BCUT2D eigenvalue weighted by Crippen LogP contribution is -2.44. The first kappa shape index (κ1) is 28.9. The van der Waals surface area contributed by atoms with Crippen LogP contribution in [0.4, 0.5) is 11.4 Å². The molecule has 1 aromatic heterocycles. The average molecular weight is 558 g/mol. The maximum Gasteiger partial charge on any atom is 0.277 e. The van der Waals surface area contributed by atoms with Gasteiger partial charge < -0.3 is 25.4 Å². The predicted octanol–water partition coefficient (Wildman–Crippen LogP) is 6.15. The number of benzene rings is 2. The lowest BCUT2D eigenvalue weighted by atomic mass is 9.90. The van der Waals surface area contributed by atoms with E-state index in [1.807, 2.05) is 13.1 Å². The number of hydrogen-bond donors (Lipinski definition) is 2. The van der Waals surface area contributed by atoms with Gasteiger partial charge in [-0.25, -0.2) is 0 Å². The molecule has 8 nitrogen and oxygen atoms in total. The molecule has 0 bridgehead atoms. The molecule has 0 atom stereocenters. The minimum Gasteiger partial charge on any atom is -0.373 e. The second-order valence-corrected chi connectivity index (χ2v) is 11.8. The van der Waals surface area contributed by atoms with Gasteiger partial charge in [0, 0.05) is 44.2 Å². The van der Waals surface area contributed by atoms with Gasteiger partial charge in [-0.1, -0.05) is 42.8 Å². The van der Waals surface area contributed by atoms with Gasteiger partial charge in [-0.3, -0.25) is 9.59 Å². The van der Waals surface area contributed by atoms with Crippen molar-refractivity contribution in [3.8, 4) is 11.1 Å². The quantitative estimate of drug-likeness (QED) is 0.293. The number of anilines is 2. The van der Waals surface area contributed by atoms with Crippen molar-refractivity contribution in [3.63, 3.8) is 0 Å². The highest BCUT2D eigenvalue weighted by atomic mass is 16.5. The Bertz CT molecular complexity index is 1360. The van der Waals surface area contributed by atoms with E-state index in [4.69, 9.17) is 10.3 Å². The molecule has 0 aliphatic heterocycles. The summed E-state index contributed by atoms with van der Waals surface area (Å²) in [6.45, 7) is 5.43. The summed E-state index contributed by atoms with van der Waals surface area (Å²) in [5, 5.41) is 6.96. The summed E-state index contributed by atoms with van der Waals surface area (Å²) in [5.41, 5.74) is 11.2. The number of nitrogens with one attached hydrogen (secondary N) is 1. The van der Waals surface area contributed by atoms with Crippen LogP contribution in [-0.4, -0.2) is 47.5 Å². The van der Waals surface area contributed by atoms with Gasteiger partial charge in [-0.05, 0) is 86.8 Å². The summed E-state index contributed by atoms with van der Waals surface area (Å²) in [7, 11) is 2.05. The van der Waals surface area contributed by atoms with Crippen molar-refractivity contribution in [3.05, 3.63) is 65.5 Å². The van der Waals surface area contributed by atoms with E-state index in [2.05, 4.69) is 63.6 Å². The van der Waals surface area contributed by atoms with Gasteiger partial charge >= 0.3 is 0 Å². The molecule has 218 valence electrons. The zero-order valence-corrected chi connectivity index (χ0v) is 24.6. The molecule has 3 N–H and O–H groups in total. The maximum atomic E-state index is 13.3. The first-order valence-corrected chi connectivity index (χ1v) is 15.1. The fourth-order valence-electron chi connectivity index (χ4n) is 5.74. The van der Waals surface area contributed by atoms with Crippen LogP contribution in [0.1, 0.15) is 80.1 Å². The van der Waals surface area contributed by atoms with Crippen molar-refractivity contribution in [1.29, 1.82) is 0 Å². The van der Waals surface area contributed by atoms with E-state index in [0.717, 1.165) is 86.0 Å². The normalized spacial score (nSPS) is 18.6. The number of rotatable bonds is 11. The van der Waals surface area contributed by atoms with Crippen molar-refractivity contribution in [2.45, 2.75) is 83.8 Å². The van der Waals surface area contributed by atoms with Gasteiger partial charge in [0.05, 0.1) is 11.4 Å². The monoisotopic (exact) mass is 557 g/mol. The van der Waals surface area contributed by atoms with Gasteiger partial charge in [-0.2, -0.15) is 0 Å². The van der Waals surface area contributed by atoms with Crippen LogP contribution in [0.2, 0.25) is 0 Å². The van der Waals surface area contributed by atoms with Crippen LogP contribution in [0.5, 0.6) is 0 Å². The molecule has 2 aromatic carbocycles. The third kappa shape index (κ3) is 7.17. The molecule has 5 rings (SSSR count).